The van der Waals surface area contributed by atoms with E-state index >= 15 is 0 Å². The first kappa shape index (κ1) is 25.2. The van der Waals surface area contributed by atoms with Crippen LogP contribution in [0.15, 0.2) is 30.5 Å². The number of carbonyl (C=O) groups excluding carboxylic acids is 1. The van der Waals surface area contributed by atoms with Crippen LogP contribution in [-0.2, 0) is 23.7 Å². The Morgan fingerprint density at radius 1 is 1.11 bits per heavy atom. The number of hydrogen-bond donors (Lipinski definition) is 6. The van der Waals surface area contributed by atoms with Crippen molar-refractivity contribution in [2.75, 3.05) is 20.3 Å². The Bertz CT molecular complexity index is 1010. The molecule has 11 atom stereocenters. The normalized spacial score (nSPS) is 42.7. The van der Waals surface area contributed by atoms with Crippen LogP contribution in [0.3, 0.4) is 0 Å². The van der Waals surface area contributed by atoms with Crippen LogP contribution in [0.25, 0.3) is 0 Å². The molecule has 0 radical (unpaired) electrons. The van der Waals surface area contributed by atoms with Gasteiger partial charge in [-0.3, -0.25) is 0 Å². The van der Waals surface area contributed by atoms with Crippen LogP contribution in [0.1, 0.15) is 10.4 Å². The topological polar surface area (TPSA) is 197 Å². The van der Waals surface area contributed by atoms with E-state index in [0.29, 0.717) is 0 Å². The van der Waals surface area contributed by atoms with Crippen LogP contribution in [0.2, 0.25) is 0 Å². The highest BCUT2D eigenvalue weighted by Crippen LogP contribution is 2.60. The van der Waals surface area contributed by atoms with Gasteiger partial charge in [0, 0.05) is 5.92 Å². The second kappa shape index (κ2) is 9.43. The van der Waals surface area contributed by atoms with E-state index in [4.69, 9.17) is 28.4 Å². The van der Waals surface area contributed by atoms with E-state index in [0.717, 1.165) is 0 Å². The average Bonchev–Trinajstić information content (AvgIpc) is 3.56. The van der Waals surface area contributed by atoms with Crippen molar-refractivity contribution in [1.82, 2.24) is 0 Å². The number of ether oxygens (including phenoxy) is 6. The molecule has 4 aliphatic rings. The molecule has 13 heteroatoms. The molecule has 36 heavy (non-hydrogen) atoms. The summed E-state index contributed by atoms with van der Waals surface area (Å²) >= 11 is 0. The number of benzene rings is 1. The van der Waals surface area contributed by atoms with Gasteiger partial charge in [-0.25, -0.2) is 4.79 Å². The van der Waals surface area contributed by atoms with Crippen molar-refractivity contribution in [2.24, 2.45) is 11.8 Å². The van der Waals surface area contributed by atoms with E-state index in [-0.39, 0.29) is 17.1 Å². The van der Waals surface area contributed by atoms with Crippen LogP contribution in [0, 0.1) is 11.8 Å². The molecular weight excluding hydrogens is 484 g/mol. The van der Waals surface area contributed by atoms with E-state index in [1.54, 1.807) is 6.08 Å². The summed E-state index contributed by atoms with van der Waals surface area (Å²) in [6.07, 6.45) is -7.19. The minimum absolute atomic E-state index is 0.0973. The van der Waals surface area contributed by atoms with E-state index in [9.17, 15) is 35.4 Å². The Morgan fingerprint density at radius 2 is 1.89 bits per heavy atom. The van der Waals surface area contributed by atoms with E-state index < -0.39 is 85.8 Å². The van der Waals surface area contributed by atoms with E-state index in [2.05, 4.69) is 0 Å². The summed E-state index contributed by atoms with van der Waals surface area (Å²) in [6, 6.07) is 4.02. The molecule has 3 aliphatic heterocycles. The SMILES string of the molecule is COc1cc(C(=O)O[C@@H]2[C@H]3C=CO[C@@H](O[C@@H]4O[C@H](CO)[C@@H](O)[C@H](O)[C@H]4O)[C@H]3[C@@]3(CO)O[C@H]23)ccc1O. The zero-order chi connectivity index (χ0) is 25.8. The molecule has 0 spiro atoms. The fourth-order valence-corrected chi connectivity index (χ4v) is 5.28. The van der Waals surface area contributed by atoms with Crippen LogP contribution >= 0.6 is 0 Å². The van der Waals surface area contributed by atoms with Crippen molar-refractivity contribution < 1.29 is 63.9 Å². The van der Waals surface area contributed by atoms with Crippen molar-refractivity contribution in [2.45, 2.75) is 54.8 Å². The van der Waals surface area contributed by atoms with Crippen LogP contribution in [0.5, 0.6) is 11.5 Å². The number of methoxy groups -OCH3 is 1. The maximum absolute atomic E-state index is 12.9. The number of aliphatic hydroxyl groups is 5. The first-order valence-corrected chi connectivity index (χ1v) is 11.4. The Balaban J connectivity index is 1.35. The lowest BCUT2D eigenvalue weighted by Crippen LogP contribution is -2.60. The molecule has 1 aliphatic carbocycles. The smallest absolute Gasteiger partial charge is 0.338 e. The zero-order valence-electron chi connectivity index (χ0n) is 19.1. The summed E-state index contributed by atoms with van der Waals surface area (Å²) < 4.78 is 33.4. The van der Waals surface area contributed by atoms with Gasteiger partial charge >= 0.3 is 5.97 Å². The van der Waals surface area contributed by atoms with Gasteiger partial charge in [0.1, 0.15) is 42.2 Å². The number of epoxide rings is 1. The summed E-state index contributed by atoms with van der Waals surface area (Å²) in [7, 11) is 1.35. The molecule has 1 aromatic rings. The lowest BCUT2D eigenvalue weighted by molar-refractivity contribution is -0.344. The largest absolute Gasteiger partial charge is 0.504 e. The van der Waals surface area contributed by atoms with Crippen LogP contribution in [-0.4, -0.2) is 112 Å². The second-order valence-electron chi connectivity index (χ2n) is 9.18. The number of hydrogen-bond acceptors (Lipinski definition) is 13. The molecule has 3 fully saturated rings. The summed E-state index contributed by atoms with van der Waals surface area (Å²) in [5.74, 6) is -1.95. The monoisotopic (exact) mass is 512 g/mol. The second-order valence-corrected chi connectivity index (χ2v) is 9.18. The standard InChI is InChI=1S/C23H28O13/c1-31-12-6-9(2-3-11(12)26)20(30)34-18-10-4-5-32-21(14(10)23(8-25)19(18)36-23)35-22-17(29)16(28)15(27)13(7-24)33-22/h2-6,10,13-19,21-22,24-29H,7-8H2,1H3/t10-,13+,14-,15+,16-,17+,18+,19+,21-,22-,23+/m0/s1. The summed E-state index contributed by atoms with van der Waals surface area (Å²) in [5.41, 5.74) is -1.03. The van der Waals surface area contributed by atoms with E-state index in [1.165, 1.54) is 31.6 Å². The summed E-state index contributed by atoms with van der Waals surface area (Å²) in [6.45, 7) is -1.07. The highest BCUT2D eigenvalue weighted by molar-refractivity contribution is 5.90. The van der Waals surface area contributed by atoms with Crippen molar-refractivity contribution in [3.63, 3.8) is 0 Å². The Kier molecular flexibility index (Phi) is 6.59. The number of fused-ring (bicyclic) bond motifs is 3. The van der Waals surface area contributed by atoms with Crippen molar-refractivity contribution >= 4 is 5.97 Å². The molecule has 0 unspecified atom stereocenters. The minimum Gasteiger partial charge on any atom is -0.504 e. The molecule has 13 nitrogen and oxygen atoms in total. The Labute approximate surface area is 205 Å². The zero-order valence-corrected chi connectivity index (χ0v) is 19.1. The highest BCUT2D eigenvalue weighted by Gasteiger charge is 2.77. The number of carbonyl (C=O) groups is 1. The third-order valence-electron chi connectivity index (χ3n) is 7.26. The van der Waals surface area contributed by atoms with Gasteiger partial charge in [0.25, 0.3) is 0 Å². The van der Waals surface area contributed by atoms with Gasteiger partial charge in [0.2, 0.25) is 6.29 Å². The van der Waals surface area contributed by atoms with E-state index in [1.807, 2.05) is 0 Å². The summed E-state index contributed by atoms with van der Waals surface area (Å²) in [5, 5.41) is 59.8. The molecular formula is C23H28O13. The molecule has 0 amide bonds. The molecule has 2 saturated heterocycles. The van der Waals surface area contributed by atoms with Crippen molar-refractivity contribution in [3.8, 4) is 11.5 Å². The molecule has 0 aromatic heterocycles. The third-order valence-corrected chi connectivity index (χ3v) is 7.26. The average molecular weight is 512 g/mol. The van der Waals surface area contributed by atoms with Gasteiger partial charge in [-0.15, -0.1) is 0 Å². The van der Waals surface area contributed by atoms with Gasteiger partial charge in [-0.05, 0) is 24.3 Å². The molecule has 1 saturated carbocycles. The maximum atomic E-state index is 12.9. The van der Waals surface area contributed by atoms with Gasteiger partial charge < -0.3 is 59.1 Å². The Hall–Kier alpha value is -2.49. The molecule has 198 valence electrons. The predicted molar refractivity (Wildman–Crippen MR) is 114 cm³/mol. The maximum Gasteiger partial charge on any atom is 0.338 e. The predicted octanol–water partition coefficient (Wildman–Crippen LogP) is -2.01. The number of aliphatic hydroxyl groups excluding tert-OH is 5. The number of rotatable bonds is 7. The minimum atomic E-state index is -1.66. The van der Waals surface area contributed by atoms with Gasteiger partial charge in [-0.2, -0.15) is 0 Å². The van der Waals surface area contributed by atoms with Gasteiger partial charge in [0.05, 0.1) is 38.1 Å². The molecule has 1 aromatic carbocycles. The lowest BCUT2D eigenvalue weighted by Gasteiger charge is -2.43. The molecule has 5 rings (SSSR count). The highest BCUT2D eigenvalue weighted by atomic mass is 16.8. The first-order chi connectivity index (χ1) is 17.2. The third kappa shape index (κ3) is 3.92. The molecule has 6 N–H and O–H groups in total. The fraction of sp³-hybridized carbons (Fsp3) is 0.609. The first-order valence-electron chi connectivity index (χ1n) is 11.4. The number of phenols is 1. The van der Waals surface area contributed by atoms with Gasteiger partial charge in [0.15, 0.2) is 17.8 Å². The van der Waals surface area contributed by atoms with Crippen LogP contribution in [0.4, 0.5) is 0 Å². The summed E-state index contributed by atoms with van der Waals surface area (Å²) in [4.78, 5) is 12.9. The number of esters is 1. The van der Waals surface area contributed by atoms with Crippen LogP contribution < -0.4 is 4.74 Å². The number of phenolic OH excluding ortho intramolecular Hbond substituents is 1. The Morgan fingerprint density at radius 3 is 2.58 bits per heavy atom. The fourth-order valence-electron chi connectivity index (χ4n) is 5.28. The van der Waals surface area contributed by atoms with Gasteiger partial charge in [-0.1, -0.05) is 0 Å². The molecule has 3 heterocycles. The van der Waals surface area contributed by atoms with Crippen molar-refractivity contribution in [1.29, 1.82) is 0 Å². The quantitative estimate of drug-likeness (QED) is 0.173. The molecule has 0 bridgehead atoms. The number of aromatic hydroxyl groups is 1. The van der Waals surface area contributed by atoms with Crippen molar-refractivity contribution in [3.05, 3.63) is 36.1 Å². The lowest BCUT2D eigenvalue weighted by atomic mass is 9.85.